The van der Waals surface area contributed by atoms with Crippen LogP contribution in [0.15, 0.2) is 0 Å². The molecule has 0 bridgehead atoms. The number of carbonyl (C=O) groups excluding carboxylic acids is 1. The summed E-state index contributed by atoms with van der Waals surface area (Å²) in [5, 5.41) is 9.86. The predicted octanol–water partition coefficient (Wildman–Crippen LogP) is 0.273. The van der Waals surface area contributed by atoms with Gasteiger partial charge in [-0.05, 0) is 48.2 Å². The summed E-state index contributed by atoms with van der Waals surface area (Å²) in [6.07, 6.45) is 0.218. The number of carbonyl (C=O) groups is 1. The van der Waals surface area contributed by atoms with E-state index in [0.717, 1.165) is 6.54 Å². The Morgan fingerprint density at radius 2 is 1.89 bits per heavy atom. The second kappa shape index (κ2) is 5.38. The smallest absolute Gasteiger partial charge is 0.230 e. The lowest BCUT2D eigenvalue weighted by molar-refractivity contribution is -0.144. The standard InChI is InChI=1S/C14H29N3O2/c1-13(2,14(3,4)15)12(19)17-9-11(18)7-10(17)8-16(5)6/h10-11,18H,7-9,15H2,1-6H3. The maximum atomic E-state index is 12.8. The molecule has 5 heteroatoms. The van der Waals surface area contributed by atoms with Gasteiger partial charge in [-0.2, -0.15) is 0 Å². The van der Waals surface area contributed by atoms with Crippen LogP contribution < -0.4 is 5.73 Å². The van der Waals surface area contributed by atoms with Gasteiger partial charge in [0.1, 0.15) is 0 Å². The number of hydrogen-bond donors (Lipinski definition) is 2. The van der Waals surface area contributed by atoms with E-state index in [9.17, 15) is 9.90 Å². The third kappa shape index (κ3) is 3.46. The zero-order valence-electron chi connectivity index (χ0n) is 13.1. The van der Waals surface area contributed by atoms with Crippen LogP contribution in [0.5, 0.6) is 0 Å². The van der Waals surface area contributed by atoms with Gasteiger partial charge in [0.25, 0.3) is 0 Å². The molecule has 2 unspecified atom stereocenters. The van der Waals surface area contributed by atoms with E-state index in [1.807, 2.05) is 46.7 Å². The third-order valence-corrected chi connectivity index (χ3v) is 4.37. The highest BCUT2D eigenvalue weighted by molar-refractivity contribution is 5.84. The second-order valence-electron chi connectivity index (χ2n) is 7.11. The number of β-amino-alcohol motifs (C(OH)–C–C–N with tert-alkyl or cyclic N) is 1. The molecule has 1 fully saturated rings. The van der Waals surface area contributed by atoms with Crippen molar-refractivity contribution in [3.8, 4) is 0 Å². The second-order valence-corrected chi connectivity index (χ2v) is 7.11. The molecular weight excluding hydrogens is 242 g/mol. The molecule has 1 rings (SSSR count). The van der Waals surface area contributed by atoms with Crippen LogP contribution >= 0.6 is 0 Å². The molecule has 0 aromatic carbocycles. The van der Waals surface area contributed by atoms with Crippen LogP contribution in [0.25, 0.3) is 0 Å². The molecule has 1 heterocycles. The predicted molar refractivity (Wildman–Crippen MR) is 76.7 cm³/mol. The lowest BCUT2D eigenvalue weighted by Gasteiger charge is -2.41. The fourth-order valence-electron chi connectivity index (χ4n) is 2.37. The molecule has 3 N–H and O–H groups in total. The Kier molecular flexibility index (Phi) is 4.65. The third-order valence-electron chi connectivity index (χ3n) is 4.37. The van der Waals surface area contributed by atoms with Gasteiger partial charge in [-0.3, -0.25) is 4.79 Å². The van der Waals surface area contributed by atoms with Crippen LogP contribution in [0, 0.1) is 5.41 Å². The quantitative estimate of drug-likeness (QED) is 0.770. The van der Waals surface area contributed by atoms with Crippen molar-refractivity contribution in [2.75, 3.05) is 27.2 Å². The summed E-state index contributed by atoms with van der Waals surface area (Å²) in [6, 6.07) is 0.0686. The highest BCUT2D eigenvalue weighted by Crippen LogP contribution is 2.33. The van der Waals surface area contributed by atoms with E-state index < -0.39 is 17.1 Å². The van der Waals surface area contributed by atoms with Gasteiger partial charge >= 0.3 is 0 Å². The Morgan fingerprint density at radius 3 is 2.32 bits per heavy atom. The molecule has 5 nitrogen and oxygen atoms in total. The summed E-state index contributed by atoms with van der Waals surface area (Å²) >= 11 is 0. The van der Waals surface area contributed by atoms with Crippen LogP contribution in [0.3, 0.4) is 0 Å². The first kappa shape index (κ1) is 16.4. The van der Waals surface area contributed by atoms with Crippen LogP contribution in [-0.4, -0.2) is 65.7 Å². The molecule has 0 aromatic rings. The van der Waals surface area contributed by atoms with Crippen molar-refractivity contribution >= 4 is 5.91 Å². The summed E-state index contributed by atoms with van der Waals surface area (Å²) in [5.41, 5.74) is 4.89. The van der Waals surface area contributed by atoms with E-state index in [1.54, 1.807) is 4.90 Å². The van der Waals surface area contributed by atoms with Crippen molar-refractivity contribution in [1.82, 2.24) is 9.80 Å². The largest absolute Gasteiger partial charge is 0.391 e. The normalized spacial score (nSPS) is 25.2. The highest BCUT2D eigenvalue weighted by Gasteiger charge is 2.46. The molecule has 1 amide bonds. The molecule has 1 aliphatic heterocycles. The van der Waals surface area contributed by atoms with Crippen molar-refractivity contribution in [3.05, 3.63) is 0 Å². The van der Waals surface area contributed by atoms with Gasteiger partial charge in [0.15, 0.2) is 0 Å². The number of aliphatic hydroxyl groups is 1. The van der Waals surface area contributed by atoms with Crippen molar-refractivity contribution < 1.29 is 9.90 Å². The van der Waals surface area contributed by atoms with Crippen LogP contribution in [0.2, 0.25) is 0 Å². The Hall–Kier alpha value is -0.650. The van der Waals surface area contributed by atoms with E-state index in [4.69, 9.17) is 5.73 Å². The van der Waals surface area contributed by atoms with Gasteiger partial charge in [0, 0.05) is 24.7 Å². The van der Waals surface area contributed by atoms with Gasteiger partial charge in [-0.1, -0.05) is 0 Å². The van der Waals surface area contributed by atoms with Crippen molar-refractivity contribution in [3.63, 3.8) is 0 Å². The number of amides is 1. The lowest BCUT2D eigenvalue weighted by Crippen LogP contribution is -2.58. The monoisotopic (exact) mass is 271 g/mol. The maximum absolute atomic E-state index is 12.8. The Bertz CT molecular complexity index is 334. The van der Waals surface area contributed by atoms with Crippen LogP contribution in [0.1, 0.15) is 34.1 Å². The molecular formula is C14H29N3O2. The zero-order valence-corrected chi connectivity index (χ0v) is 13.1. The van der Waals surface area contributed by atoms with Crippen LogP contribution in [0.4, 0.5) is 0 Å². The number of likely N-dealkylation sites (N-methyl/N-ethyl adjacent to an activating group) is 1. The summed E-state index contributed by atoms with van der Waals surface area (Å²) < 4.78 is 0. The average Bonchev–Trinajstić information content (AvgIpc) is 2.55. The Morgan fingerprint density at radius 1 is 1.37 bits per heavy atom. The zero-order chi connectivity index (χ0) is 15.0. The van der Waals surface area contributed by atoms with Gasteiger partial charge in [-0.25, -0.2) is 0 Å². The Balaban J connectivity index is 2.91. The average molecular weight is 271 g/mol. The summed E-state index contributed by atoms with van der Waals surface area (Å²) in [4.78, 5) is 16.6. The first-order chi connectivity index (χ1) is 8.46. The number of nitrogens with two attached hydrogens (primary N) is 1. The topological polar surface area (TPSA) is 69.8 Å². The van der Waals surface area contributed by atoms with Gasteiger partial charge in [-0.15, -0.1) is 0 Å². The van der Waals surface area contributed by atoms with Crippen molar-refractivity contribution in [2.24, 2.45) is 11.1 Å². The summed E-state index contributed by atoms with van der Waals surface area (Å²) in [5.74, 6) is 0.0309. The molecule has 112 valence electrons. The minimum atomic E-state index is -0.651. The first-order valence-corrected chi connectivity index (χ1v) is 6.89. The van der Waals surface area contributed by atoms with E-state index in [0.29, 0.717) is 13.0 Å². The molecule has 2 atom stereocenters. The molecule has 1 saturated heterocycles. The fraction of sp³-hybridized carbons (Fsp3) is 0.929. The SMILES string of the molecule is CN(C)CC1CC(O)CN1C(=O)C(C)(C)C(C)(C)N. The molecule has 0 spiro atoms. The van der Waals surface area contributed by atoms with Gasteiger partial charge in [0.2, 0.25) is 5.91 Å². The van der Waals surface area contributed by atoms with Crippen molar-refractivity contribution in [2.45, 2.75) is 51.8 Å². The van der Waals surface area contributed by atoms with Crippen LogP contribution in [-0.2, 0) is 4.79 Å². The highest BCUT2D eigenvalue weighted by atomic mass is 16.3. The number of likely N-dealkylation sites (tertiary alicyclic amines) is 1. The molecule has 1 aliphatic rings. The fourth-order valence-corrected chi connectivity index (χ4v) is 2.37. The molecule has 19 heavy (non-hydrogen) atoms. The molecule has 0 saturated carbocycles. The Labute approximate surface area is 116 Å². The lowest BCUT2D eigenvalue weighted by atomic mass is 9.74. The molecule has 0 aromatic heterocycles. The molecule has 0 aliphatic carbocycles. The van der Waals surface area contributed by atoms with E-state index in [1.165, 1.54) is 0 Å². The summed E-state index contributed by atoms with van der Waals surface area (Å²) in [6.45, 7) is 8.69. The van der Waals surface area contributed by atoms with Gasteiger partial charge < -0.3 is 20.6 Å². The summed E-state index contributed by atoms with van der Waals surface area (Å²) in [7, 11) is 3.96. The van der Waals surface area contributed by atoms with E-state index >= 15 is 0 Å². The van der Waals surface area contributed by atoms with Gasteiger partial charge in [0.05, 0.1) is 11.5 Å². The molecule has 0 radical (unpaired) electrons. The first-order valence-electron chi connectivity index (χ1n) is 6.89. The van der Waals surface area contributed by atoms with Crippen molar-refractivity contribution in [1.29, 1.82) is 0 Å². The van der Waals surface area contributed by atoms with E-state index in [-0.39, 0.29) is 11.9 Å². The minimum absolute atomic E-state index is 0.0309. The number of hydrogen-bond acceptors (Lipinski definition) is 4. The van der Waals surface area contributed by atoms with E-state index in [2.05, 4.69) is 0 Å². The number of nitrogens with zero attached hydrogens (tertiary/aromatic N) is 2. The minimum Gasteiger partial charge on any atom is -0.391 e. The number of rotatable bonds is 4. The maximum Gasteiger partial charge on any atom is 0.230 e. The number of aliphatic hydroxyl groups excluding tert-OH is 1.